The van der Waals surface area contributed by atoms with E-state index in [4.69, 9.17) is 5.26 Å². The number of quaternary nitrogens is 1. The molecule has 0 unspecified atom stereocenters. The smallest absolute Gasteiger partial charge is 0.245 e. The Bertz CT molecular complexity index is 888. The number of rotatable bonds is 6. The zero-order valence-electron chi connectivity index (χ0n) is 15.2. The SMILES string of the molecule is C[C@H](C#N)Sc1ccc(S(=O)(=O)N2CC[NH+](Cc3ccccc3)CC2)cn1. The molecule has 1 atom stereocenters. The van der Waals surface area contributed by atoms with Gasteiger partial charge in [-0.3, -0.25) is 0 Å². The number of hydrogen-bond donors (Lipinski definition) is 1. The highest BCUT2D eigenvalue weighted by atomic mass is 32.2. The van der Waals surface area contributed by atoms with Gasteiger partial charge in [0.1, 0.15) is 11.4 Å². The second-order valence-electron chi connectivity index (χ2n) is 6.54. The van der Waals surface area contributed by atoms with Crippen molar-refractivity contribution in [2.75, 3.05) is 26.2 Å². The first-order chi connectivity index (χ1) is 13.0. The van der Waals surface area contributed by atoms with Gasteiger partial charge < -0.3 is 4.90 Å². The molecular formula is C19H23N4O2S2+. The maximum atomic E-state index is 12.9. The highest BCUT2D eigenvalue weighted by Gasteiger charge is 2.30. The summed E-state index contributed by atoms with van der Waals surface area (Å²) in [6, 6.07) is 15.6. The van der Waals surface area contributed by atoms with Gasteiger partial charge in [0.15, 0.2) is 0 Å². The van der Waals surface area contributed by atoms with Gasteiger partial charge in [0.05, 0.1) is 42.5 Å². The van der Waals surface area contributed by atoms with Crippen LogP contribution in [-0.2, 0) is 16.6 Å². The largest absolute Gasteiger partial charge is 0.329 e. The summed E-state index contributed by atoms with van der Waals surface area (Å²) in [6.45, 7) is 5.29. The normalized spacial score (nSPS) is 17.3. The number of hydrogen-bond acceptors (Lipinski definition) is 5. The Kier molecular flexibility index (Phi) is 6.50. The van der Waals surface area contributed by atoms with Crippen molar-refractivity contribution < 1.29 is 13.3 Å². The lowest BCUT2D eigenvalue weighted by molar-refractivity contribution is -0.917. The minimum absolute atomic E-state index is 0.211. The Balaban J connectivity index is 1.60. The van der Waals surface area contributed by atoms with E-state index in [9.17, 15) is 8.42 Å². The fourth-order valence-corrected chi connectivity index (χ4v) is 5.11. The van der Waals surface area contributed by atoms with Crippen molar-refractivity contribution in [3.8, 4) is 6.07 Å². The van der Waals surface area contributed by atoms with Crippen molar-refractivity contribution >= 4 is 21.8 Å². The van der Waals surface area contributed by atoms with Crippen LogP contribution in [0.15, 0.2) is 58.6 Å². The average molecular weight is 404 g/mol. The summed E-state index contributed by atoms with van der Waals surface area (Å²) in [5.41, 5.74) is 1.27. The molecule has 27 heavy (non-hydrogen) atoms. The van der Waals surface area contributed by atoms with Gasteiger partial charge in [-0.25, -0.2) is 13.4 Å². The van der Waals surface area contributed by atoms with Crippen LogP contribution in [0.4, 0.5) is 0 Å². The molecule has 1 fully saturated rings. The summed E-state index contributed by atoms with van der Waals surface area (Å²) in [4.78, 5) is 5.80. The highest BCUT2D eigenvalue weighted by molar-refractivity contribution is 8.00. The van der Waals surface area contributed by atoms with E-state index in [2.05, 4.69) is 23.2 Å². The number of nitrogens with zero attached hydrogens (tertiary/aromatic N) is 3. The molecule has 1 aromatic heterocycles. The summed E-state index contributed by atoms with van der Waals surface area (Å²) < 4.78 is 27.3. The van der Waals surface area contributed by atoms with Crippen LogP contribution >= 0.6 is 11.8 Å². The van der Waals surface area contributed by atoms with Gasteiger partial charge in [0, 0.05) is 11.8 Å². The maximum Gasteiger partial charge on any atom is 0.245 e. The molecule has 8 heteroatoms. The van der Waals surface area contributed by atoms with E-state index in [1.807, 2.05) is 18.2 Å². The van der Waals surface area contributed by atoms with Crippen molar-refractivity contribution in [1.29, 1.82) is 5.26 Å². The second kappa shape index (κ2) is 8.85. The molecule has 1 aliphatic rings. The summed E-state index contributed by atoms with van der Waals surface area (Å²) >= 11 is 1.32. The number of sulfonamides is 1. The number of aromatic nitrogens is 1. The molecule has 1 N–H and O–H groups in total. The molecule has 3 rings (SSSR count). The van der Waals surface area contributed by atoms with Crippen molar-refractivity contribution in [2.24, 2.45) is 0 Å². The summed E-state index contributed by atoms with van der Waals surface area (Å²) in [7, 11) is -3.53. The van der Waals surface area contributed by atoms with Crippen LogP contribution in [0.1, 0.15) is 12.5 Å². The van der Waals surface area contributed by atoms with E-state index >= 15 is 0 Å². The van der Waals surface area contributed by atoms with Crippen LogP contribution in [0, 0.1) is 11.3 Å². The second-order valence-corrected chi connectivity index (χ2v) is 9.84. The third-order valence-electron chi connectivity index (χ3n) is 4.55. The number of piperazine rings is 1. The van der Waals surface area contributed by atoms with Gasteiger partial charge in [-0.15, -0.1) is 0 Å². The van der Waals surface area contributed by atoms with Gasteiger partial charge in [0.25, 0.3) is 0 Å². The highest BCUT2D eigenvalue weighted by Crippen LogP contribution is 2.22. The Morgan fingerprint density at radius 1 is 1.22 bits per heavy atom. The van der Waals surface area contributed by atoms with Crippen LogP contribution in [0.25, 0.3) is 0 Å². The molecule has 0 spiro atoms. The topological polar surface area (TPSA) is 78.5 Å². The molecule has 6 nitrogen and oxygen atoms in total. The van der Waals surface area contributed by atoms with Gasteiger partial charge in [-0.1, -0.05) is 42.1 Å². The Morgan fingerprint density at radius 2 is 1.93 bits per heavy atom. The van der Waals surface area contributed by atoms with E-state index < -0.39 is 10.0 Å². The Labute approximate surface area is 164 Å². The van der Waals surface area contributed by atoms with E-state index in [0.717, 1.165) is 19.6 Å². The number of nitriles is 1. The first-order valence-electron chi connectivity index (χ1n) is 8.89. The van der Waals surface area contributed by atoms with Gasteiger partial charge in [-0.05, 0) is 19.1 Å². The van der Waals surface area contributed by atoms with Crippen molar-refractivity contribution in [3.05, 3.63) is 54.2 Å². The van der Waals surface area contributed by atoms with Crippen LogP contribution < -0.4 is 4.90 Å². The molecular weight excluding hydrogens is 380 g/mol. The molecule has 2 aromatic rings. The lowest BCUT2D eigenvalue weighted by Crippen LogP contribution is -3.13. The lowest BCUT2D eigenvalue weighted by Gasteiger charge is -2.31. The molecule has 1 aliphatic heterocycles. The van der Waals surface area contributed by atoms with Crippen LogP contribution in [0.2, 0.25) is 0 Å². The number of pyridine rings is 1. The van der Waals surface area contributed by atoms with Gasteiger partial charge in [-0.2, -0.15) is 9.57 Å². The molecule has 1 aromatic carbocycles. The average Bonchev–Trinajstić information content (AvgIpc) is 2.69. The van der Waals surface area contributed by atoms with Crippen molar-refractivity contribution in [2.45, 2.75) is 28.6 Å². The molecule has 2 heterocycles. The minimum atomic E-state index is -3.53. The van der Waals surface area contributed by atoms with E-state index in [-0.39, 0.29) is 10.1 Å². The summed E-state index contributed by atoms with van der Waals surface area (Å²) in [5.74, 6) is 0. The number of nitrogens with one attached hydrogen (secondary N) is 1. The summed E-state index contributed by atoms with van der Waals surface area (Å²) in [6.07, 6.45) is 1.39. The number of benzene rings is 1. The van der Waals surface area contributed by atoms with Gasteiger partial charge in [0.2, 0.25) is 10.0 Å². The maximum absolute atomic E-state index is 12.9. The molecule has 0 saturated carbocycles. The zero-order valence-corrected chi connectivity index (χ0v) is 16.8. The van der Waals surface area contributed by atoms with E-state index in [0.29, 0.717) is 18.1 Å². The molecule has 0 amide bonds. The standard InChI is InChI=1S/C19H22N4O2S2/c1-16(13-20)26-19-8-7-18(14-21-19)27(24,25)23-11-9-22(10-12-23)15-17-5-3-2-4-6-17/h2-8,14,16H,9-12,15H2,1H3/p+1/t16-/m1/s1. The first-order valence-corrected chi connectivity index (χ1v) is 11.2. The summed E-state index contributed by atoms with van der Waals surface area (Å²) in [5, 5.41) is 9.29. The molecule has 142 valence electrons. The van der Waals surface area contributed by atoms with E-state index in [1.165, 1.54) is 28.4 Å². The predicted octanol–water partition coefficient (Wildman–Crippen LogP) is 1.18. The fraction of sp³-hybridized carbons (Fsp3) is 0.368. The van der Waals surface area contributed by atoms with Gasteiger partial charge >= 0.3 is 0 Å². The monoisotopic (exact) mass is 403 g/mol. The predicted molar refractivity (Wildman–Crippen MR) is 105 cm³/mol. The fourth-order valence-electron chi connectivity index (χ4n) is 3.05. The van der Waals surface area contributed by atoms with Crippen LogP contribution in [-0.4, -0.2) is 49.1 Å². The number of thioether (sulfide) groups is 1. The Morgan fingerprint density at radius 3 is 2.52 bits per heavy atom. The third kappa shape index (κ3) is 5.08. The lowest BCUT2D eigenvalue weighted by atomic mass is 10.2. The Hall–Kier alpha value is -1.92. The zero-order chi connectivity index (χ0) is 19.3. The van der Waals surface area contributed by atoms with Crippen LogP contribution in [0.3, 0.4) is 0 Å². The quantitative estimate of drug-likeness (QED) is 0.733. The van der Waals surface area contributed by atoms with Crippen LogP contribution in [0.5, 0.6) is 0 Å². The van der Waals surface area contributed by atoms with Crippen molar-refractivity contribution in [3.63, 3.8) is 0 Å². The van der Waals surface area contributed by atoms with Crippen molar-refractivity contribution in [1.82, 2.24) is 9.29 Å². The minimum Gasteiger partial charge on any atom is -0.329 e. The first kappa shape index (κ1) is 19.8. The molecule has 0 aliphatic carbocycles. The molecule has 0 radical (unpaired) electrons. The third-order valence-corrected chi connectivity index (χ3v) is 7.38. The molecule has 0 bridgehead atoms. The molecule has 1 saturated heterocycles. The van der Waals surface area contributed by atoms with E-state index in [1.54, 1.807) is 23.4 Å².